The van der Waals surface area contributed by atoms with Gasteiger partial charge in [0.25, 0.3) is 0 Å². The van der Waals surface area contributed by atoms with Crippen molar-refractivity contribution in [2.75, 3.05) is 5.73 Å². The summed E-state index contributed by atoms with van der Waals surface area (Å²) in [6.45, 7) is 4.63. The molecular weight excluding hydrogens is 246 g/mol. The summed E-state index contributed by atoms with van der Waals surface area (Å²) in [5.41, 5.74) is 8.09. The first-order valence-corrected chi connectivity index (χ1v) is 6.88. The number of benzene rings is 1. The third-order valence-electron chi connectivity index (χ3n) is 4.43. The highest BCUT2D eigenvalue weighted by Crippen LogP contribution is 2.42. The molecule has 3 rings (SSSR count). The van der Waals surface area contributed by atoms with E-state index in [-0.39, 0.29) is 0 Å². The van der Waals surface area contributed by atoms with Gasteiger partial charge < -0.3 is 10.3 Å². The molecule has 1 saturated carbocycles. The number of nitrogen functional groups attached to an aromatic ring is 1. The lowest BCUT2D eigenvalue weighted by Crippen LogP contribution is -2.16. The van der Waals surface area contributed by atoms with E-state index in [0.717, 1.165) is 17.0 Å². The van der Waals surface area contributed by atoms with Crippen LogP contribution in [-0.2, 0) is 0 Å². The first kappa shape index (κ1) is 11.8. The highest BCUT2D eigenvalue weighted by Gasteiger charge is 2.32. The molecule has 2 N–H and O–H groups in total. The molecule has 1 aromatic heterocycles. The molecule has 0 bridgehead atoms. The highest BCUT2D eigenvalue weighted by molar-refractivity contribution is 6.31. The lowest BCUT2D eigenvalue weighted by Gasteiger charge is -2.21. The van der Waals surface area contributed by atoms with E-state index >= 15 is 0 Å². The van der Waals surface area contributed by atoms with Gasteiger partial charge in [0.2, 0.25) is 5.95 Å². The van der Waals surface area contributed by atoms with Crippen LogP contribution in [0.5, 0.6) is 0 Å². The van der Waals surface area contributed by atoms with Gasteiger partial charge in [0.05, 0.1) is 11.0 Å². The number of halogens is 1. The number of aromatic nitrogens is 2. The molecule has 3 atom stereocenters. The van der Waals surface area contributed by atoms with Crippen LogP contribution in [0.1, 0.15) is 32.7 Å². The molecule has 0 spiro atoms. The molecular formula is C14H18ClN3. The normalized spacial score (nSPS) is 28.1. The minimum Gasteiger partial charge on any atom is -0.369 e. The summed E-state index contributed by atoms with van der Waals surface area (Å²) in [5, 5.41) is 0.708. The number of hydrogen-bond acceptors (Lipinski definition) is 2. The number of imidazole rings is 1. The van der Waals surface area contributed by atoms with Crippen molar-refractivity contribution in [1.82, 2.24) is 9.55 Å². The van der Waals surface area contributed by atoms with E-state index < -0.39 is 0 Å². The summed E-state index contributed by atoms with van der Waals surface area (Å²) in [7, 11) is 0. The molecule has 1 aromatic carbocycles. The van der Waals surface area contributed by atoms with E-state index in [2.05, 4.69) is 23.4 Å². The van der Waals surface area contributed by atoms with Gasteiger partial charge in [-0.05, 0) is 42.9 Å². The fourth-order valence-electron chi connectivity index (χ4n) is 3.14. The highest BCUT2D eigenvalue weighted by atomic mass is 35.5. The minimum atomic E-state index is 0.464. The topological polar surface area (TPSA) is 43.8 Å². The van der Waals surface area contributed by atoms with Crippen LogP contribution in [0.4, 0.5) is 5.95 Å². The van der Waals surface area contributed by atoms with Crippen LogP contribution in [0.2, 0.25) is 5.02 Å². The minimum absolute atomic E-state index is 0.464. The average molecular weight is 264 g/mol. The van der Waals surface area contributed by atoms with E-state index in [9.17, 15) is 0 Å². The van der Waals surface area contributed by atoms with Crippen molar-refractivity contribution in [2.24, 2.45) is 11.8 Å². The second kappa shape index (κ2) is 4.16. The number of nitrogens with zero attached hydrogens (tertiary/aromatic N) is 2. The summed E-state index contributed by atoms with van der Waals surface area (Å²) >= 11 is 6.00. The van der Waals surface area contributed by atoms with Crippen molar-refractivity contribution in [2.45, 2.75) is 32.7 Å². The monoisotopic (exact) mass is 263 g/mol. The Hall–Kier alpha value is -1.22. The van der Waals surface area contributed by atoms with Crippen LogP contribution in [0.25, 0.3) is 11.0 Å². The largest absolute Gasteiger partial charge is 0.369 e. The number of hydrogen-bond donors (Lipinski definition) is 1. The van der Waals surface area contributed by atoms with Gasteiger partial charge in [0, 0.05) is 11.1 Å². The molecule has 96 valence electrons. The second-order valence-corrected chi connectivity index (χ2v) is 5.89. The molecule has 4 heteroatoms. The fourth-order valence-corrected chi connectivity index (χ4v) is 3.31. The zero-order valence-corrected chi connectivity index (χ0v) is 11.5. The second-order valence-electron chi connectivity index (χ2n) is 5.45. The maximum atomic E-state index is 6.10. The predicted molar refractivity (Wildman–Crippen MR) is 75.8 cm³/mol. The van der Waals surface area contributed by atoms with Gasteiger partial charge in [0.1, 0.15) is 0 Å². The van der Waals surface area contributed by atoms with Gasteiger partial charge in [-0.3, -0.25) is 0 Å². The smallest absolute Gasteiger partial charge is 0.201 e. The molecule has 1 heterocycles. The number of nitrogens with two attached hydrogens (primary N) is 1. The van der Waals surface area contributed by atoms with Gasteiger partial charge in [-0.2, -0.15) is 0 Å². The number of fused-ring (bicyclic) bond motifs is 1. The molecule has 18 heavy (non-hydrogen) atoms. The molecule has 0 saturated heterocycles. The van der Waals surface area contributed by atoms with Crippen LogP contribution in [0, 0.1) is 11.8 Å². The summed E-state index contributed by atoms with van der Waals surface area (Å²) < 4.78 is 2.19. The molecule has 3 nitrogen and oxygen atoms in total. The Morgan fingerprint density at radius 1 is 1.33 bits per heavy atom. The van der Waals surface area contributed by atoms with Gasteiger partial charge in [0.15, 0.2) is 0 Å². The van der Waals surface area contributed by atoms with Crippen molar-refractivity contribution in [3.8, 4) is 0 Å². The molecule has 3 unspecified atom stereocenters. The Labute approximate surface area is 112 Å². The zero-order chi connectivity index (χ0) is 12.9. The van der Waals surface area contributed by atoms with E-state index in [1.54, 1.807) is 0 Å². The maximum Gasteiger partial charge on any atom is 0.201 e. The molecule has 1 fully saturated rings. The van der Waals surface area contributed by atoms with Crippen LogP contribution in [0.3, 0.4) is 0 Å². The van der Waals surface area contributed by atoms with Crippen molar-refractivity contribution in [3.05, 3.63) is 23.2 Å². The molecule has 2 aromatic rings. The zero-order valence-electron chi connectivity index (χ0n) is 10.7. The van der Waals surface area contributed by atoms with Crippen molar-refractivity contribution >= 4 is 28.6 Å². The van der Waals surface area contributed by atoms with Gasteiger partial charge in [-0.1, -0.05) is 25.4 Å². The van der Waals surface area contributed by atoms with Crippen molar-refractivity contribution in [3.63, 3.8) is 0 Å². The first-order chi connectivity index (χ1) is 8.58. The Morgan fingerprint density at radius 2 is 2.11 bits per heavy atom. The summed E-state index contributed by atoms with van der Waals surface area (Å²) in [4.78, 5) is 4.43. The van der Waals surface area contributed by atoms with E-state index in [4.69, 9.17) is 17.3 Å². The van der Waals surface area contributed by atoms with Gasteiger partial charge in [-0.15, -0.1) is 0 Å². The Kier molecular flexibility index (Phi) is 2.74. The summed E-state index contributed by atoms with van der Waals surface area (Å²) in [6.07, 6.45) is 2.44. The third kappa shape index (κ3) is 1.69. The number of rotatable bonds is 1. The van der Waals surface area contributed by atoms with Crippen molar-refractivity contribution < 1.29 is 0 Å². The van der Waals surface area contributed by atoms with E-state index in [1.807, 2.05) is 18.2 Å². The van der Waals surface area contributed by atoms with E-state index in [0.29, 0.717) is 22.9 Å². The van der Waals surface area contributed by atoms with Crippen LogP contribution in [0.15, 0.2) is 18.2 Å². The van der Waals surface area contributed by atoms with Crippen LogP contribution in [-0.4, -0.2) is 9.55 Å². The molecule has 0 aliphatic heterocycles. The molecule has 0 amide bonds. The molecule has 0 radical (unpaired) electrons. The summed E-state index contributed by atoms with van der Waals surface area (Å²) in [5.74, 6) is 2.00. The van der Waals surface area contributed by atoms with E-state index in [1.165, 1.54) is 12.8 Å². The molecule has 1 aliphatic carbocycles. The van der Waals surface area contributed by atoms with Crippen molar-refractivity contribution in [1.29, 1.82) is 0 Å². The maximum absolute atomic E-state index is 6.10. The first-order valence-electron chi connectivity index (χ1n) is 6.51. The van der Waals surface area contributed by atoms with Crippen LogP contribution >= 0.6 is 11.6 Å². The fraction of sp³-hybridized carbons (Fsp3) is 0.500. The molecule has 1 aliphatic rings. The Morgan fingerprint density at radius 3 is 2.78 bits per heavy atom. The predicted octanol–water partition coefficient (Wildman–Crippen LogP) is 3.88. The van der Waals surface area contributed by atoms with Gasteiger partial charge >= 0.3 is 0 Å². The Bertz CT molecular complexity index is 590. The third-order valence-corrected chi connectivity index (χ3v) is 4.67. The lowest BCUT2D eigenvalue weighted by molar-refractivity contribution is 0.361. The van der Waals surface area contributed by atoms with Gasteiger partial charge in [-0.25, -0.2) is 4.98 Å². The van der Waals surface area contributed by atoms with Crippen LogP contribution < -0.4 is 5.73 Å². The Balaban J connectivity index is 2.14. The standard InChI is InChI=1S/C14H18ClN3/c1-8-3-5-12(9(8)2)18-13-6-4-10(15)7-11(13)17-14(18)16/h4,6-9,12H,3,5H2,1-2H3,(H2,16,17). The SMILES string of the molecule is CC1CCC(n2c(N)nc3cc(Cl)ccc32)C1C. The average Bonchev–Trinajstić information content (AvgIpc) is 2.80. The summed E-state index contributed by atoms with van der Waals surface area (Å²) in [6, 6.07) is 6.28. The quantitative estimate of drug-likeness (QED) is 0.849. The lowest BCUT2D eigenvalue weighted by atomic mass is 9.97. The number of anilines is 1.